The largest absolute Gasteiger partial charge is 0.352 e. The Balaban J connectivity index is 1.64. The Kier molecular flexibility index (Phi) is 6.89. The molecule has 0 fully saturated rings. The molecule has 0 aliphatic heterocycles. The van der Waals surface area contributed by atoms with E-state index in [0.717, 1.165) is 39.1 Å². The molecule has 7 heteroatoms. The summed E-state index contributed by atoms with van der Waals surface area (Å²) in [7, 11) is 0. The molecule has 2 heterocycles. The van der Waals surface area contributed by atoms with Gasteiger partial charge in [0.05, 0.1) is 11.4 Å². The molecule has 0 unspecified atom stereocenters. The standard InChI is InChI=1S/C27H29ClN4O2/c1-5-31-26-25(19(4)30-32(26)22-11-6-8-17(2)14-22)18(3)23(27(31)34)12-13-24(33)29-16-20-9-7-10-21(28)15-20/h6-11,14-15H,5,12-13,16H2,1-4H3,(H,29,33). The molecule has 34 heavy (non-hydrogen) atoms. The molecule has 0 radical (unpaired) electrons. The number of benzene rings is 2. The molecule has 2 aromatic carbocycles. The predicted octanol–water partition coefficient (Wildman–Crippen LogP) is 5.03. The Morgan fingerprint density at radius 2 is 1.85 bits per heavy atom. The van der Waals surface area contributed by atoms with Gasteiger partial charge in [0.15, 0.2) is 0 Å². The molecule has 0 atom stereocenters. The van der Waals surface area contributed by atoms with E-state index < -0.39 is 0 Å². The first kappa shape index (κ1) is 23.8. The Bertz CT molecular complexity index is 1430. The predicted molar refractivity (Wildman–Crippen MR) is 137 cm³/mol. The summed E-state index contributed by atoms with van der Waals surface area (Å²) >= 11 is 6.02. The van der Waals surface area contributed by atoms with E-state index in [2.05, 4.69) is 11.4 Å². The lowest BCUT2D eigenvalue weighted by Crippen LogP contribution is -2.28. The van der Waals surface area contributed by atoms with Crippen LogP contribution in [0.2, 0.25) is 5.02 Å². The molecule has 0 spiro atoms. The lowest BCUT2D eigenvalue weighted by atomic mass is 10.0. The third-order valence-corrected chi connectivity index (χ3v) is 6.40. The highest BCUT2D eigenvalue weighted by atomic mass is 35.5. The van der Waals surface area contributed by atoms with E-state index in [0.29, 0.717) is 30.1 Å². The van der Waals surface area contributed by atoms with Crippen molar-refractivity contribution in [3.05, 3.63) is 91.9 Å². The number of carbonyl (C=O) groups is 1. The average Bonchev–Trinajstić information content (AvgIpc) is 3.15. The molecule has 1 N–H and O–H groups in total. The summed E-state index contributed by atoms with van der Waals surface area (Å²) in [6.45, 7) is 8.83. The van der Waals surface area contributed by atoms with Gasteiger partial charge in [0.2, 0.25) is 5.91 Å². The van der Waals surface area contributed by atoms with E-state index >= 15 is 0 Å². The summed E-state index contributed by atoms with van der Waals surface area (Å²) in [4.78, 5) is 26.0. The minimum absolute atomic E-state index is 0.0658. The zero-order valence-corrected chi connectivity index (χ0v) is 20.7. The van der Waals surface area contributed by atoms with Gasteiger partial charge in [-0.25, -0.2) is 4.68 Å². The number of hydrogen-bond donors (Lipinski definition) is 1. The van der Waals surface area contributed by atoms with E-state index in [-0.39, 0.29) is 17.9 Å². The van der Waals surface area contributed by atoms with Crippen molar-refractivity contribution < 1.29 is 4.79 Å². The Hall–Kier alpha value is -3.38. The second-order valence-electron chi connectivity index (χ2n) is 8.59. The number of carbonyl (C=O) groups excluding carboxylic acids is 1. The normalized spacial score (nSPS) is 11.2. The van der Waals surface area contributed by atoms with Crippen LogP contribution in [0.3, 0.4) is 0 Å². The van der Waals surface area contributed by atoms with Gasteiger partial charge in [0, 0.05) is 35.5 Å². The smallest absolute Gasteiger partial charge is 0.255 e. The summed E-state index contributed by atoms with van der Waals surface area (Å²) in [5.74, 6) is -0.103. The number of aryl methyl sites for hydroxylation is 4. The zero-order chi connectivity index (χ0) is 24.4. The Morgan fingerprint density at radius 1 is 1.09 bits per heavy atom. The van der Waals surface area contributed by atoms with Crippen LogP contribution in [0.5, 0.6) is 0 Å². The summed E-state index contributed by atoms with van der Waals surface area (Å²) in [6.07, 6.45) is 0.605. The van der Waals surface area contributed by atoms with Crippen molar-refractivity contribution in [2.24, 2.45) is 0 Å². The van der Waals surface area contributed by atoms with Crippen LogP contribution in [-0.4, -0.2) is 20.3 Å². The number of pyridine rings is 1. The molecule has 4 rings (SSSR count). The number of nitrogens with one attached hydrogen (secondary N) is 1. The summed E-state index contributed by atoms with van der Waals surface area (Å²) in [6, 6.07) is 15.5. The second-order valence-corrected chi connectivity index (χ2v) is 9.03. The molecule has 0 aliphatic carbocycles. The Labute approximate surface area is 204 Å². The number of rotatable bonds is 7. The molecular formula is C27H29ClN4O2. The summed E-state index contributed by atoms with van der Waals surface area (Å²) < 4.78 is 3.63. The van der Waals surface area contributed by atoms with Crippen LogP contribution in [0.25, 0.3) is 16.7 Å². The topological polar surface area (TPSA) is 68.9 Å². The van der Waals surface area contributed by atoms with Gasteiger partial charge >= 0.3 is 0 Å². The first-order chi connectivity index (χ1) is 16.3. The van der Waals surface area contributed by atoms with Crippen LogP contribution in [0, 0.1) is 20.8 Å². The third-order valence-electron chi connectivity index (χ3n) is 6.17. The number of fused-ring (bicyclic) bond motifs is 1. The first-order valence-corrected chi connectivity index (χ1v) is 11.9. The van der Waals surface area contributed by atoms with Crippen LogP contribution in [-0.2, 0) is 24.3 Å². The lowest BCUT2D eigenvalue weighted by molar-refractivity contribution is -0.121. The number of halogens is 1. The molecule has 4 aromatic rings. The first-order valence-electron chi connectivity index (χ1n) is 11.5. The quantitative estimate of drug-likeness (QED) is 0.406. The fourth-order valence-electron chi connectivity index (χ4n) is 4.48. The average molecular weight is 477 g/mol. The molecule has 0 saturated carbocycles. The Morgan fingerprint density at radius 3 is 2.56 bits per heavy atom. The molecule has 0 saturated heterocycles. The third kappa shape index (κ3) is 4.64. The van der Waals surface area contributed by atoms with Crippen molar-refractivity contribution >= 4 is 28.5 Å². The van der Waals surface area contributed by atoms with Crippen LogP contribution in [0.4, 0.5) is 0 Å². The molecule has 0 bridgehead atoms. The van der Waals surface area contributed by atoms with Gasteiger partial charge in [0.25, 0.3) is 5.56 Å². The van der Waals surface area contributed by atoms with Crippen molar-refractivity contribution in [1.82, 2.24) is 19.7 Å². The van der Waals surface area contributed by atoms with Crippen molar-refractivity contribution in [1.29, 1.82) is 0 Å². The van der Waals surface area contributed by atoms with E-state index in [4.69, 9.17) is 16.7 Å². The van der Waals surface area contributed by atoms with Crippen LogP contribution < -0.4 is 10.9 Å². The van der Waals surface area contributed by atoms with Crippen molar-refractivity contribution in [3.63, 3.8) is 0 Å². The van der Waals surface area contributed by atoms with Gasteiger partial charge in [-0.1, -0.05) is 35.9 Å². The fraction of sp³-hybridized carbons (Fsp3) is 0.296. The summed E-state index contributed by atoms with van der Waals surface area (Å²) in [5.41, 5.74) is 6.14. The second kappa shape index (κ2) is 9.85. The van der Waals surface area contributed by atoms with Crippen molar-refractivity contribution in [3.8, 4) is 5.69 Å². The van der Waals surface area contributed by atoms with E-state index in [9.17, 15) is 9.59 Å². The van der Waals surface area contributed by atoms with Gasteiger partial charge in [-0.3, -0.25) is 14.2 Å². The zero-order valence-electron chi connectivity index (χ0n) is 20.0. The number of nitrogens with zero attached hydrogens (tertiary/aromatic N) is 3. The van der Waals surface area contributed by atoms with E-state index in [1.807, 2.05) is 68.8 Å². The van der Waals surface area contributed by atoms with E-state index in [1.54, 1.807) is 10.6 Å². The SMILES string of the molecule is CCn1c(=O)c(CCC(=O)NCc2cccc(Cl)c2)c(C)c2c(C)nn(-c3cccc(C)c3)c21. The monoisotopic (exact) mass is 476 g/mol. The van der Waals surface area contributed by atoms with Crippen LogP contribution in [0.15, 0.2) is 53.3 Å². The minimum Gasteiger partial charge on any atom is -0.352 e. The highest BCUT2D eigenvalue weighted by Gasteiger charge is 2.21. The minimum atomic E-state index is -0.103. The fourth-order valence-corrected chi connectivity index (χ4v) is 4.69. The molecule has 2 aromatic heterocycles. The van der Waals surface area contributed by atoms with Gasteiger partial charge in [0.1, 0.15) is 5.65 Å². The van der Waals surface area contributed by atoms with Gasteiger partial charge in [-0.05, 0) is 75.1 Å². The van der Waals surface area contributed by atoms with Crippen LogP contribution in [0.1, 0.15) is 41.3 Å². The number of hydrogen-bond acceptors (Lipinski definition) is 3. The molecular weight excluding hydrogens is 448 g/mol. The molecule has 1 amide bonds. The number of amides is 1. The van der Waals surface area contributed by atoms with Crippen molar-refractivity contribution in [2.75, 3.05) is 0 Å². The highest BCUT2D eigenvalue weighted by molar-refractivity contribution is 6.30. The maximum absolute atomic E-state index is 13.5. The van der Waals surface area contributed by atoms with Crippen molar-refractivity contribution in [2.45, 2.75) is 53.6 Å². The molecule has 6 nitrogen and oxygen atoms in total. The van der Waals surface area contributed by atoms with E-state index in [1.165, 1.54) is 0 Å². The van der Waals surface area contributed by atoms with Gasteiger partial charge in [-0.15, -0.1) is 0 Å². The van der Waals surface area contributed by atoms with Gasteiger partial charge < -0.3 is 5.32 Å². The maximum atomic E-state index is 13.5. The molecule has 0 aliphatic rings. The molecule has 176 valence electrons. The van der Waals surface area contributed by atoms with Crippen LogP contribution >= 0.6 is 11.6 Å². The maximum Gasteiger partial charge on any atom is 0.255 e. The number of aromatic nitrogens is 3. The highest BCUT2D eigenvalue weighted by Crippen LogP contribution is 2.26. The van der Waals surface area contributed by atoms with Gasteiger partial charge in [-0.2, -0.15) is 5.10 Å². The lowest BCUT2D eigenvalue weighted by Gasteiger charge is -2.15. The summed E-state index contributed by atoms with van der Waals surface area (Å²) in [5, 5.41) is 9.31.